The van der Waals surface area contributed by atoms with Crippen LogP contribution in [0.3, 0.4) is 0 Å². The standard InChI is InChI=1S/C10H16N2O/c1-11(2)6-4-8-12-7-3-5-10(13)9-12/h3,5,7,9H,4,6,8H2,1-2H3/p+1. The number of hydrogen-bond donors (Lipinski definition) is 1. The van der Waals surface area contributed by atoms with Crippen molar-refractivity contribution in [3.05, 3.63) is 24.5 Å². The Morgan fingerprint density at radius 2 is 2.23 bits per heavy atom. The third kappa shape index (κ3) is 3.90. The molecule has 0 saturated heterocycles. The van der Waals surface area contributed by atoms with Crippen molar-refractivity contribution in [3.8, 4) is 5.75 Å². The summed E-state index contributed by atoms with van der Waals surface area (Å²) in [6.07, 6.45) is 4.81. The van der Waals surface area contributed by atoms with Crippen LogP contribution in [-0.2, 0) is 6.54 Å². The summed E-state index contributed by atoms with van der Waals surface area (Å²) in [5.41, 5.74) is 0. The maximum atomic E-state index is 9.19. The van der Waals surface area contributed by atoms with E-state index < -0.39 is 0 Å². The predicted molar refractivity (Wildman–Crippen MR) is 51.5 cm³/mol. The van der Waals surface area contributed by atoms with Crippen LogP contribution in [0.1, 0.15) is 6.42 Å². The van der Waals surface area contributed by atoms with E-state index in [1.807, 2.05) is 16.8 Å². The number of aromatic hydroxyl groups is 1. The fourth-order valence-corrected chi connectivity index (χ4v) is 1.22. The summed E-state index contributed by atoms with van der Waals surface area (Å²) in [5, 5.41) is 9.19. The molecule has 0 saturated carbocycles. The zero-order chi connectivity index (χ0) is 9.68. The van der Waals surface area contributed by atoms with Gasteiger partial charge >= 0.3 is 0 Å². The Morgan fingerprint density at radius 3 is 2.85 bits per heavy atom. The molecule has 0 bridgehead atoms. The summed E-state index contributed by atoms with van der Waals surface area (Å²) in [6.45, 7) is 2.02. The highest BCUT2D eigenvalue weighted by atomic mass is 16.3. The van der Waals surface area contributed by atoms with Crippen LogP contribution in [-0.4, -0.2) is 30.6 Å². The Kier molecular flexibility index (Phi) is 3.71. The summed E-state index contributed by atoms with van der Waals surface area (Å²) >= 11 is 0. The van der Waals surface area contributed by atoms with Crippen LogP contribution in [0.5, 0.6) is 5.75 Å². The first-order valence-corrected chi connectivity index (χ1v) is 4.51. The monoisotopic (exact) mass is 181 g/mol. The third-order valence-electron chi connectivity index (χ3n) is 1.86. The number of aryl methyl sites for hydroxylation is 1. The second-order valence-electron chi connectivity index (χ2n) is 3.46. The molecule has 1 aromatic rings. The van der Waals surface area contributed by atoms with Crippen LogP contribution in [0.15, 0.2) is 24.5 Å². The zero-order valence-electron chi connectivity index (χ0n) is 8.27. The number of rotatable bonds is 4. The Balaban J connectivity index is 2.37. The lowest BCUT2D eigenvalue weighted by Gasteiger charge is -2.06. The Morgan fingerprint density at radius 1 is 1.46 bits per heavy atom. The minimum atomic E-state index is 0.326. The maximum Gasteiger partial charge on any atom is 0.210 e. The molecule has 0 aliphatic carbocycles. The van der Waals surface area contributed by atoms with Crippen molar-refractivity contribution in [2.45, 2.75) is 13.0 Å². The van der Waals surface area contributed by atoms with E-state index in [9.17, 15) is 5.11 Å². The average Bonchev–Trinajstić information content (AvgIpc) is 2.03. The van der Waals surface area contributed by atoms with Gasteiger partial charge < -0.3 is 10.0 Å². The van der Waals surface area contributed by atoms with Gasteiger partial charge in [-0.15, -0.1) is 0 Å². The number of aromatic nitrogens is 1. The molecule has 0 aliphatic heterocycles. The molecule has 1 heterocycles. The van der Waals surface area contributed by atoms with Crippen molar-refractivity contribution >= 4 is 0 Å². The summed E-state index contributed by atoms with van der Waals surface area (Å²) in [7, 11) is 4.13. The SMILES string of the molecule is CN(C)CCC[n+]1cccc(O)c1. The van der Waals surface area contributed by atoms with E-state index in [0.717, 1.165) is 19.5 Å². The maximum absolute atomic E-state index is 9.19. The summed E-state index contributed by atoms with van der Waals surface area (Å²) in [6, 6.07) is 3.54. The highest BCUT2D eigenvalue weighted by Gasteiger charge is 2.01. The largest absolute Gasteiger partial charge is 0.503 e. The normalized spacial score (nSPS) is 10.7. The first-order chi connectivity index (χ1) is 6.18. The quantitative estimate of drug-likeness (QED) is 0.690. The zero-order valence-corrected chi connectivity index (χ0v) is 8.27. The first-order valence-electron chi connectivity index (χ1n) is 4.51. The number of nitrogens with zero attached hydrogens (tertiary/aromatic N) is 2. The Hall–Kier alpha value is -1.09. The van der Waals surface area contributed by atoms with Gasteiger partial charge in [-0.2, -0.15) is 0 Å². The average molecular weight is 181 g/mol. The van der Waals surface area contributed by atoms with E-state index >= 15 is 0 Å². The molecule has 0 aliphatic rings. The Labute approximate surface area is 79.2 Å². The van der Waals surface area contributed by atoms with Gasteiger partial charge in [0.25, 0.3) is 0 Å². The summed E-state index contributed by atoms with van der Waals surface area (Å²) < 4.78 is 2.00. The van der Waals surface area contributed by atoms with E-state index in [-0.39, 0.29) is 0 Å². The van der Waals surface area contributed by atoms with Gasteiger partial charge in [0.2, 0.25) is 6.20 Å². The molecule has 3 heteroatoms. The second kappa shape index (κ2) is 4.82. The van der Waals surface area contributed by atoms with Gasteiger partial charge in [0.05, 0.1) is 0 Å². The van der Waals surface area contributed by atoms with Crippen LogP contribution in [0.2, 0.25) is 0 Å². The van der Waals surface area contributed by atoms with E-state index in [0.29, 0.717) is 5.75 Å². The van der Waals surface area contributed by atoms with E-state index in [1.54, 1.807) is 12.3 Å². The fourth-order valence-electron chi connectivity index (χ4n) is 1.22. The third-order valence-corrected chi connectivity index (χ3v) is 1.86. The highest BCUT2D eigenvalue weighted by molar-refractivity contribution is 5.09. The van der Waals surface area contributed by atoms with E-state index in [1.165, 1.54) is 0 Å². The highest BCUT2D eigenvalue weighted by Crippen LogP contribution is 2.00. The van der Waals surface area contributed by atoms with Crippen LogP contribution >= 0.6 is 0 Å². The van der Waals surface area contributed by atoms with E-state index in [4.69, 9.17) is 0 Å². The van der Waals surface area contributed by atoms with Gasteiger partial charge in [-0.25, -0.2) is 4.57 Å². The van der Waals surface area contributed by atoms with Crippen LogP contribution in [0.4, 0.5) is 0 Å². The molecular formula is C10H17N2O+. The number of hydrogen-bond acceptors (Lipinski definition) is 2. The van der Waals surface area contributed by atoms with Crippen molar-refractivity contribution in [3.63, 3.8) is 0 Å². The lowest BCUT2D eigenvalue weighted by atomic mass is 10.3. The van der Waals surface area contributed by atoms with Gasteiger partial charge in [0.15, 0.2) is 11.9 Å². The van der Waals surface area contributed by atoms with Crippen LogP contribution < -0.4 is 4.57 Å². The molecule has 0 fully saturated rings. The smallest absolute Gasteiger partial charge is 0.210 e. The lowest BCUT2D eigenvalue weighted by molar-refractivity contribution is -0.697. The molecule has 1 rings (SSSR count). The minimum Gasteiger partial charge on any atom is -0.503 e. The topological polar surface area (TPSA) is 27.4 Å². The van der Waals surface area contributed by atoms with Gasteiger partial charge in [-0.05, 0) is 20.2 Å². The van der Waals surface area contributed by atoms with Gasteiger partial charge in [-0.3, -0.25) is 0 Å². The summed E-state index contributed by atoms with van der Waals surface area (Å²) in [4.78, 5) is 2.16. The van der Waals surface area contributed by atoms with Crippen LogP contribution in [0, 0.1) is 0 Å². The fraction of sp³-hybridized carbons (Fsp3) is 0.500. The second-order valence-corrected chi connectivity index (χ2v) is 3.46. The first kappa shape index (κ1) is 9.99. The molecule has 1 aromatic heterocycles. The predicted octanol–water partition coefficient (Wildman–Crippen LogP) is 0.631. The molecule has 0 aromatic carbocycles. The molecule has 0 spiro atoms. The van der Waals surface area contributed by atoms with Gasteiger partial charge in [0.1, 0.15) is 6.54 Å². The molecule has 13 heavy (non-hydrogen) atoms. The van der Waals surface area contributed by atoms with Crippen molar-refractivity contribution in [2.24, 2.45) is 0 Å². The molecule has 1 N–H and O–H groups in total. The van der Waals surface area contributed by atoms with Gasteiger partial charge in [0, 0.05) is 19.0 Å². The van der Waals surface area contributed by atoms with Crippen molar-refractivity contribution in [1.29, 1.82) is 0 Å². The molecule has 72 valence electrons. The minimum absolute atomic E-state index is 0.326. The van der Waals surface area contributed by atoms with Crippen molar-refractivity contribution in [1.82, 2.24) is 4.90 Å². The molecule has 0 unspecified atom stereocenters. The molecular weight excluding hydrogens is 164 g/mol. The van der Waals surface area contributed by atoms with Crippen molar-refractivity contribution in [2.75, 3.05) is 20.6 Å². The van der Waals surface area contributed by atoms with Crippen molar-refractivity contribution < 1.29 is 9.67 Å². The summed E-state index contributed by atoms with van der Waals surface area (Å²) in [5.74, 6) is 0.326. The van der Waals surface area contributed by atoms with Gasteiger partial charge in [-0.1, -0.05) is 0 Å². The van der Waals surface area contributed by atoms with E-state index in [2.05, 4.69) is 19.0 Å². The van der Waals surface area contributed by atoms with Crippen LogP contribution in [0.25, 0.3) is 0 Å². The number of pyridine rings is 1. The molecule has 0 radical (unpaired) electrons. The molecule has 0 amide bonds. The molecule has 3 nitrogen and oxygen atoms in total. The Bertz CT molecular complexity index is 261. The lowest BCUT2D eigenvalue weighted by Crippen LogP contribution is -2.34. The molecule has 0 atom stereocenters.